The zero-order chi connectivity index (χ0) is 21.7. The first-order chi connectivity index (χ1) is 14.4. The summed E-state index contributed by atoms with van der Waals surface area (Å²) in [5, 5.41) is 4.41. The molecule has 0 bridgehead atoms. The Bertz CT molecular complexity index is 951. The number of amides is 1. The Morgan fingerprint density at radius 2 is 1.60 bits per heavy atom. The van der Waals surface area contributed by atoms with Crippen molar-refractivity contribution in [3.8, 4) is 11.3 Å². The fraction of sp³-hybridized carbons (Fsp3) is 0.360. The number of benzene rings is 2. The van der Waals surface area contributed by atoms with Gasteiger partial charge in [-0.15, -0.1) is 0 Å². The van der Waals surface area contributed by atoms with Gasteiger partial charge in [-0.25, -0.2) is 0 Å². The summed E-state index contributed by atoms with van der Waals surface area (Å²) in [5.74, 6) is 0.723. The average Bonchev–Trinajstić information content (AvgIpc) is 3.20. The van der Waals surface area contributed by atoms with E-state index >= 15 is 0 Å². The molecule has 30 heavy (non-hydrogen) atoms. The first-order valence-electron chi connectivity index (χ1n) is 10.6. The molecule has 0 radical (unpaired) electrons. The van der Waals surface area contributed by atoms with E-state index < -0.39 is 0 Å². The van der Waals surface area contributed by atoms with Gasteiger partial charge in [0.15, 0.2) is 0 Å². The van der Waals surface area contributed by atoms with Crippen molar-refractivity contribution in [2.75, 3.05) is 11.9 Å². The van der Waals surface area contributed by atoms with Gasteiger partial charge in [0.1, 0.15) is 5.69 Å². The lowest BCUT2D eigenvalue weighted by Crippen LogP contribution is -2.38. The second-order valence-electron chi connectivity index (χ2n) is 7.94. The van der Waals surface area contributed by atoms with Gasteiger partial charge in [-0.05, 0) is 39.3 Å². The second-order valence-corrected chi connectivity index (χ2v) is 7.94. The van der Waals surface area contributed by atoms with E-state index in [1.165, 1.54) is 0 Å². The van der Waals surface area contributed by atoms with Crippen LogP contribution in [0.3, 0.4) is 0 Å². The third-order valence-electron chi connectivity index (χ3n) is 5.64. The third-order valence-corrected chi connectivity index (χ3v) is 5.64. The summed E-state index contributed by atoms with van der Waals surface area (Å²) in [6.45, 7) is 8.83. The lowest BCUT2D eigenvalue weighted by Gasteiger charge is -2.30. The van der Waals surface area contributed by atoms with E-state index in [0.717, 1.165) is 23.2 Å². The molecular weight excluding hydrogens is 374 g/mol. The zero-order valence-corrected chi connectivity index (χ0v) is 18.5. The van der Waals surface area contributed by atoms with Gasteiger partial charge in [0, 0.05) is 30.3 Å². The molecule has 2 aromatic carbocycles. The van der Waals surface area contributed by atoms with Crippen molar-refractivity contribution in [1.82, 2.24) is 10.1 Å². The van der Waals surface area contributed by atoms with Crippen LogP contribution >= 0.6 is 0 Å². The molecule has 0 fully saturated rings. The SMILES string of the molecule is CC[C@H](C)N(Cc1c(-c2ccccc2)noc1N(C)C(C)C)C(=O)c1ccccc1. The zero-order valence-electron chi connectivity index (χ0n) is 18.5. The summed E-state index contributed by atoms with van der Waals surface area (Å²) < 4.78 is 5.81. The van der Waals surface area contributed by atoms with Crippen molar-refractivity contribution < 1.29 is 9.32 Å². The van der Waals surface area contributed by atoms with Crippen LogP contribution in [-0.4, -0.2) is 35.1 Å². The molecule has 1 aromatic heterocycles. The van der Waals surface area contributed by atoms with Crippen LogP contribution in [-0.2, 0) is 6.54 Å². The van der Waals surface area contributed by atoms with Gasteiger partial charge in [-0.1, -0.05) is 60.6 Å². The van der Waals surface area contributed by atoms with Gasteiger partial charge < -0.3 is 14.3 Å². The highest BCUT2D eigenvalue weighted by Gasteiger charge is 2.28. The molecule has 0 unspecified atom stereocenters. The lowest BCUT2D eigenvalue weighted by molar-refractivity contribution is 0.0672. The van der Waals surface area contributed by atoms with Crippen molar-refractivity contribution in [2.24, 2.45) is 0 Å². The predicted molar refractivity (Wildman–Crippen MR) is 122 cm³/mol. The summed E-state index contributed by atoms with van der Waals surface area (Å²) in [5.41, 5.74) is 3.39. The van der Waals surface area contributed by atoms with Crippen LogP contribution in [0.2, 0.25) is 0 Å². The number of carbonyl (C=O) groups is 1. The molecule has 0 saturated carbocycles. The molecule has 0 aliphatic rings. The number of aromatic nitrogens is 1. The van der Waals surface area contributed by atoms with Gasteiger partial charge in [-0.3, -0.25) is 4.79 Å². The Morgan fingerprint density at radius 1 is 1.00 bits per heavy atom. The highest BCUT2D eigenvalue weighted by atomic mass is 16.5. The van der Waals surface area contributed by atoms with E-state index in [4.69, 9.17) is 4.52 Å². The smallest absolute Gasteiger partial charge is 0.254 e. The molecule has 0 spiro atoms. The van der Waals surface area contributed by atoms with Crippen molar-refractivity contribution in [2.45, 2.75) is 52.7 Å². The van der Waals surface area contributed by atoms with Crippen LogP contribution in [0, 0.1) is 0 Å². The summed E-state index contributed by atoms with van der Waals surface area (Å²) in [6.07, 6.45) is 0.861. The maximum absolute atomic E-state index is 13.4. The van der Waals surface area contributed by atoms with Crippen molar-refractivity contribution in [3.63, 3.8) is 0 Å². The molecule has 3 aromatic rings. The Hall–Kier alpha value is -3.08. The fourth-order valence-electron chi connectivity index (χ4n) is 3.34. The predicted octanol–water partition coefficient (Wildman–Crippen LogP) is 5.63. The first-order valence-corrected chi connectivity index (χ1v) is 10.6. The molecule has 1 atom stereocenters. The number of carbonyl (C=O) groups excluding carboxylic acids is 1. The third kappa shape index (κ3) is 4.56. The molecule has 5 heteroatoms. The van der Waals surface area contributed by atoms with Crippen LogP contribution in [0.1, 0.15) is 50.0 Å². The topological polar surface area (TPSA) is 49.6 Å². The minimum Gasteiger partial charge on any atom is -0.341 e. The van der Waals surface area contributed by atoms with Crippen LogP contribution < -0.4 is 4.90 Å². The number of hydrogen-bond acceptors (Lipinski definition) is 4. The number of nitrogens with zero attached hydrogens (tertiary/aromatic N) is 3. The van der Waals surface area contributed by atoms with Crippen LogP contribution in [0.25, 0.3) is 11.3 Å². The quantitative estimate of drug-likeness (QED) is 0.487. The molecule has 1 amide bonds. The molecule has 5 nitrogen and oxygen atoms in total. The molecule has 0 N–H and O–H groups in total. The standard InChI is InChI=1S/C25H31N3O2/c1-6-19(4)28(24(29)21-15-11-8-12-16-21)17-22-23(20-13-9-7-10-14-20)26-30-25(22)27(5)18(2)3/h7-16,18-19H,6,17H2,1-5H3/t19-/m0/s1. The second kappa shape index (κ2) is 9.61. The van der Waals surface area contributed by atoms with E-state index in [1.54, 1.807) is 0 Å². The Balaban J connectivity index is 2.06. The number of rotatable bonds is 8. The minimum absolute atomic E-state index is 0.0170. The van der Waals surface area contributed by atoms with Crippen LogP contribution in [0.15, 0.2) is 65.2 Å². The molecular formula is C25H31N3O2. The maximum atomic E-state index is 13.4. The Kier molecular flexibility index (Phi) is 6.93. The highest BCUT2D eigenvalue weighted by molar-refractivity contribution is 5.94. The summed E-state index contributed by atoms with van der Waals surface area (Å²) >= 11 is 0. The molecule has 3 rings (SSSR count). The van der Waals surface area contributed by atoms with Gasteiger partial charge in [-0.2, -0.15) is 0 Å². The molecule has 0 aliphatic heterocycles. The van der Waals surface area contributed by atoms with E-state index in [0.29, 0.717) is 18.0 Å². The van der Waals surface area contributed by atoms with E-state index in [9.17, 15) is 4.79 Å². The summed E-state index contributed by atoms with van der Waals surface area (Å²) in [4.78, 5) is 17.4. The maximum Gasteiger partial charge on any atom is 0.254 e. The van der Waals surface area contributed by atoms with E-state index in [1.807, 2.05) is 72.6 Å². The molecule has 0 aliphatic carbocycles. The van der Waals surface area contributed by atoms with Crippen molar-refractivity contribution in [1.29, 1.82) is 0 Å². The number of anilines is 1. The largest absolute Gasteiger partial charge is 0.341 e. The molecule has 158 valence electrons. The van der Waals surface area contributed by atoms with E-state index in [2.05, 4.69) is 37.8 Å². The molecule has 1 heterocycles. The Morgan fingerprint density at radius 3 is 2.17 bits per heavy atom. The van der Waals surface area contributed by atoms with Crippen molar-refractivity contribution >= 4 is 11.8 Å². The van der Waals surface area contributed by atoms with Gasteiger partial charge >= 0.3 is 0 Å². The highest BCUT2D eigenvalue weighted by Crippen LogP contribution is 2.33. The summed E-state index contributed by atoms with van der Waals surface area (Å²) in [6, 6.07) is 19.8. The van der Waals surface area contributed by atoms with E-state index in [-0.39, 0.29) is 18.0 Å². The molecule has 0 saturated heterocycles. The lowest BCUT2D eigenvalue weighted by atomic mass is 10.0. The minimum atomic E-state index is 0.0170. The fourth-order valence-corrected chi connectivity index (χ4v) is 3.34. The van der Waals surface area contributed by atoms with Crippen LogP contribution in [0.4, 0.5) is 5.88 Å². The van der Waals surface area contributed by atoms with Gasteiger partial charge in [0.05, 0.1) is 12.1 Å². The van der Waals surface area contributed by atoms with Gasteiger partial charge in [0.2, 0.25) is 5.88 Å². The Labute approximate surface area is 179 Å². The number of hydrogen-bond donors (Lipinski definition) is 0. The first kappa shape index (κ1) is 21.6. The summed E-state index contributed by atoms with van der Waals surface area (Å²) in [7, 11) is 2.00. The van der Waals surface area contributed by atoms with Crippen LogP contribution in [0.5, 0.6) is 0 Å². The average molecular weight is 406 g/mol. The monoisotopic (exact) mass is 405 g/mol. The van der Waals surface area contributed by atoms with Gasteiger partial charge in [0.25, 0.3) is 5.91 Å². The van der Waals surface area contributed by atoms with Crippen molar-refractivity contribution in [3.05, 3.63) is 71.8 Å². The normalized spacial score (nSPS) is 12.1.